The number of aromatic nitrogens is 2. The van der Waals surface area contributed by atoms with Crippen molar-refractivity contribution in [2.75, 3.05) is 19.8 Å². The third-order valence-corrected chi connectivity index (χ3v) is 4.11. The van der Waals surface area contributed by atoms with Gasteiger partial charge in [0, 0.05) is 23.7 Å². The second-order valence-electron chi connectivity index (χ2n) is 4.84. The highest BCUT2D eigenvalue weighted by Crippen LogP contribution is 2.24. The summed E-state index contributed by atoms with van der Waals surface area (Å²) in [5, 5.41) is 9.51. The first-order valence-electron chi connectivity index (χ1n) is 7.02. The Morgan fingerprint density at radius 3 is 2.90 bits per heavy atom. The van der Waals surface area contributed by atoms with Gasteiger partial charge in [-0.25, -0.2) is 0 Å². The molecule has 21 heavy (non-hydrogen) atoms. The lowest BCUT2D eigenvalue weighted by molar-refractivity contribution is -0.125. The Balaban J connectivity index is 2.11. The molecule has 0 aliphatic carbocycles. The van der Waals surface area contributed by atoms with Gasteiger partial charge in [0.25, 0.3) is 0 Å². The summed E-state index contributed by atoms with van der Waals surface area (Å²) in [5.41, 5.74) is 2.07. The highest BCUT2D eigenvalue weighted by Gasteiger charge is 2.19. The Labute approximate surface area is 128 Å². The maximum atomic E-state index is 11.7. The molecular formula is C15H21N3O2S. The van der Waals surface area contributed by atoms with Gasteiger partial charge >= 0.3 is 0 Å². The van der Waals surface area contributed by atoms with Crippen LogP contribution in [0.3, 0.4) is 0 Å². The Bertz CT molecular complexity index is 578. The summed E-state index contributed by atoms with van der Waals surface area (Å²) < 4.78 is 7.09. The second-order valence-corrected chi connectivity index (χ2v) is 5.82. The summed E-state index contributed by atoms with van der Waals surface area (Å²) in [6.45, 7) is 7.03. The second kappa shape index (κ2) is 7.38. The largest absolute Gasteiger partial charge is 0.372 e. The molecule has 0 saturated carbocycles. The van der Waals surface area contributed by atoms with E-state index in [2.05, 4.69) is 16.5 Å². The van der Waals surface area contributed by atoms with Crippen molar-refractivity contribution < 1.29 is 9.53 Å². The molecule has 2 rings (SSSR count). The highest BCUT2D eigenvalue weighted by atomic mass is 32.1. The molecule has 0 aliphatic rings. The van der Waals surface area contributed by atoms with Crippen molar-refractivity contribution in [1.82, 2.24) is 15.1 Å². The minimum atomic E-state index is -0.0973. The zero-order valence-corrected chi connectivity index (χ0v) is 13.4. The van der Waals surface area contributed by atoms with E-state index >= 15 is 0 Å². The standard InChI is InChI=1S/C15H21N3O2S/c1-4-20-10-15(19)16-9-13(14-6-5-7-21-14)18-12(3)8-11(2)17-18/h5-8,13H,4,9-10H2,1-3H3,(H,16,19). The van der Waals surface area contributed by atoms with Gasteiger partial charge in [0.2, 0.25) is 5.91 Å². The van der Waals surface area contributed by atoms with Crippen molar-refractivity contribution in [3.05, 3.63) is 39.8 Å². The molecule has 0 aliphatic heterocycles. The first kappa shape index (κ1) is 15.7. The van der Waals surface area contributed by atoms with Crippen molar-refractivity contribution in [2.45, 2.75) is 26.8 Å². The van der Waals surface area contributed by atoms with Crippen LogP contribution in [0.5, 0.6) is 0 Å². The van der Waals surface area contributed by atoms with Gasteiger partial charge in [-0.05, 0) is 38.3 Å². The van der Waals surface area contributed by atoms with Crippen LogP contribution < -0.4 is 5.32 Å². The average Bonchev–Trinajstić information content (AvgIpc) is 3.07. The number of carbonyl (C=O) groups is 1. The van der Waals surface area contributed by atoms with E-state index in [9.17, 15) is 4.79 Å². The lowest BCUT2D eigenvalue weighted by Crippen LogP contribution is -2.34. The summed E-state index contributed by atoms with van der Waals surface area (Å²) in [6.07, 6.45) is 0. The Morgan fingerprint density at radius 1 is 1.52 bits per heavy atom. The van der Waals surface area contributed by atoms with Crippen LogP contribution in [0, 0.1) is 13.8 Å². The third kappa shape index (κ3) is 4.15. The molecule has 2 aromatic rings. The molecule has 2 aromatic heterocycles. The van der Waals surface area contributed by atoms with E-state index in [0.29, 0.717) is 13.2 Å². The fraction of sp³-hybridized carbons (Fsp3) is 0.467. The Kier molecular flexibility index (Phi) is 5.52. The number of rotatable bonds is 7. The summed E-state index contributed by atoms with van der Waals surface area (Å²) >= 11 is 1.67. The molecule has 0 saturated heterocycles. The molecule has 0 bridgehead atoms. The normalized spacial score (nSPS) is 12.3. The van der Waals surface area contributed by atoms with E-state index < -0.39 is 0 Å². The molecule has 1 atom stereocenters. The third-order valence-electron chi connectivity index (χ3n) is 3.14. The summed E-state index contributed by atoms with van der Waals surface area (Å²) in [4.78, 5) is 12.9. The number of ether oxygens (including phenoxy) is 1. The van der Waals surface area contributed by atoms with Crippen molar-refractivity contribution in [3.8, 4) is 0 Å². The summed E-state index contributed by atoms with van der Waals surface area (Å²) in [7, 11) is 0. The monoisotopic (exact) mass is 307 g/mol. The van der Waals surface area contributed by atoms with Gasteiger partial charge in [-0.1, -0.05) is 6.07 Å². The van der Waals surface area contributed by atoms with Crippen molar-refractivity contribution in [2.24, 2.45) is 0 Å². The van der Waals surface area contributed by atoms with E-state index in [1.165, 1.54) is 4.88 Å². The minimum Gasteiger partial charge on any atom is -0.372 e. The number of nitrogens with one attached hydrogen (secondary N) is 1. The van der Waals surface area contributed by atoms with E-state index in [4.69, 9.17) is 4.74 Å². The van der Waals surface area contributed by atoms with Crippen molar-refractivity contribution in [3.63, 3.8) is 0 Å². The quantitative estimate of drug-likeness (QED) is 0.854. The zero-order valence-electron chi connectivity index (χ0n) is 12.6. The molecule has 6 heteroatoms. The molecule has 2 heterocycles. The lowest BCUT2D eigenvalue weighted by Gasteiger charge is -2.19. The van der Waals surface area contributed by atoms with Crippen LogP contribution >= 0.6 is 11.3 Å². The number of nitrogens with zero attached hydrogens (tertiary/aromatic N) is 2. The van der Waals surface area contributed by atoms with Crippen LogP contribution in [0.2, 0.25) is 0 Å². The molecule has 0 radical (unpaired) electrons. The summed E-state index contributed by atoms with van der Waals surface area (Å²) in [5.74, 6) is -0.0973. The molecule has 114 valence electrons. The maximum Gasteiger partial charge on any atom is 0.246 e. The Hall–Kier alpha value is -1.66. The SMILES string of the molecule is CCOCC(=O)NCC(c1cccs1)n1nc(C)cc1C. The highest BCUT2D eigenvalue weighted by molar-refractivity contribution is 7.10. The van der Waals surface area contributed by atoms with Crippen LogP contribution in [0.15, 0.2) is 23.6 Å². The van der Waals surface area contributed by atoms with Crippen LogP contribution in [0.25, 0.3) is 0 Å². The van der Waals surface area contributed by atoms with Crippen molar-refractivity contribution in [1.29, 1.82) is 0 Å². The Morgan fingerprint density at radius 2 is 2.33 bits per heavy atom. The van der Waals surface area contributed by atoms with E-state index in [1.54, 1.807) is 11.3 Å². The smallest absolute Gasteiger partial charge is 0.246 e. The molecule has 1 unspecified atom stereocenters. The molecule has 0 spiro atoms. The van der Waals surface area contributed by atoms with Gasteiger partial charge < -0.3 is 10.1 Å². The fourth-order valence-corrected chi connectivity index (χ4v) is 3.02. The molecule has 0 aromatic carbocycles. The van der Waals surface area contributed by atoms with Gasteiger partial charge in [0.15, 0.2) is 0 Å². The van der Waals surface area contributed by atoms with Gasteiger partial charge in [0.05, 0.1) is 5.69 Å². The van der Waals surface area contributed by atoms with Gasteiger partial charge in [-0.15, -0.1) is 11.3 Å². The van der Waals surface area contributed by atoms with Crippen LogP contribution in [0.1, 0.15) is 29.2 Å². The first-order chi connectivity index (χ1) is 10.1. The number of thiophene rings is 1. The predicted molar refractivity (Wildman–Crippen MR) is 83.7 cm³/mol. The lowest BCUT2D eigenvalue weighted by atomic mass is 10.2. The van der Waals surface area contributed by atoms with E-state index in [1.807, 2.05) is 43.0 Å². The van der Waals surface area contributed by atoms with Crippen LogP contribution in [-0.4, -0.2) is 35.4 Å². The topological polar surface area (TPSA) is 56.1 Å². The molecule has 0 fully saturated rings. The van der Waals surface area contributed by atoms with Gasteiger partial charge in [0.1, 0.15) is 12.6 Å². The molecule has 5 nitrogen and oxygen atoms in total. The van der Waals surface area contributed by atoms with Gasteiger partial charge in [-0.2, -0.15) is 5.10 Å². The summed E-state index contributed by atoms with van der Waals surface area (Å²) in [6, 6.07) is 6.15. The van der Waals surface area contributed by atoms with Crippen LogP contribution in [0.4, 0.5) is 0 Å². The van der Waals surface area contributed by atoms with E-state index in [0.717, 1.165) is 11.4 Å². The number of aryl methyl sites for hydroxylation is 2. The minimum absolute atomic E-state index is 0.0178. The van der Waals surface area contributed by atoms with Gasteiger partial charge in [-0.3, -0.25) is 9.48 Å². The maximum absolute atomic E-state index is 11.7. The number of carbonyl (C=O) groups excluding carboxylic acids is 1. The number of hydrogen-bond donors (Lipinski definition) is 1. The molecule has 1 amide bonds. The predicted octanol–water partition coefficient (Wildman–Crippen LogP) is 2.30. The molecular weight excluding hydrogens is 286 g/mol. The van der Waals surface area contributed by atoms with E-state index in [-0.39, 0.29) is 18.6 Å². The average molecular weight is 307 g/mol. The fourth-order valence-electron chi connectivity index (χ4n) is 2.21. The molecule has 1 N–H and O–H groups in total. The number of amides is 1. The van der Waals surface area contributed by atoms with Crippen LogP contribution in [-0.2, 0) is 9.53 Å². The number of hydrogen-bond acceptors (Lipinski definition) is 4. The zero-order chi connectivity index (χ0) is 15.2. The first-order valence-corrected chi connectivity index (χ1v) is 7.90. The van der Waals surface area contributed by atoms with Crippen molar-refractivity contribution >= 4 is 17.2 Å².